The predicted octanol–water partition coefficient (Wildman–Crippen LogP) is 3.67. The fraction of sp³-hybridized carbons (Fsp3) is 0.333. The third-order valence-corrected chi connectivity index (χ3v) is 6.73. The molecule has 35 heavy (non-hydrogen) atoms. The number of carbonyl (C=O) groups is 2. The van der Waals surface area contributed by atoms with Gasteiger partial charge in [0, 0.05) is 37.4 Å². The minimum Gasteiger partial charge on any atom is -0.463 e. The number of anilines is 2. The van der Waals surface area contributed by atoms with Crippen molar-refractivity contribution >= 4 is 23.2 Å². The Kier molecular flexibility index (Phi) is 6.34. The molecular weight excluding hydrogens is 442 g/mol. The summed E-state index contributed by atoms with van der Waals surface area (Å²) in [6.07, 6.45) is 4.46. The highest BCUT2D eigenvalue weighted by Crippen LogP contribution is 2.37. The summed E-state index contributed by atoms with van der Waals surface area (Å²) < 4.78 is 5.66. The van der Waals surface area contributed by atoms with Gasteiger partial charge >= 0.3 is 0 Å². The first kappa shape index (κ1) is 22.8. The van der Waals surface area contributed by atoms with Crippen LogP contribution in [0.4, 0.5) is 11.5 Å². The van der Waals surface area contributed by atoms with E-state index in [-0.39, 0.29) is 18.2 Å². The second-order valence-electron chi connectivity index (χ2n) is 9.00. The molecule has 0 radical (unpaired) electrons. The number of nitrogens with one attached hydrogen (secondary N) is 1. The SMILES string of the molecule is CC(=O)c1ccc(NC(=O)CN2CCN(c3nc(-c4ccco4)c4c(c3C#N)CCC4)CC2)cc1. The van der Waals surface area contributed by atoms with Crippen LogP contribution >= 0.6 is 0 Å². The number of hydrogen-bond donors (Lipinski definition) is 1. The Morgan fingerprint density at radius 1 is 1.09 bits per heavy atom. The first-order valence-electron chi connectivity index (χ1n) is 11.9. The first-order chi connectivity index (χ1) is 17.0. The molecular formula is C27H27N5O3. The number of hydrogen-bond acceptors (Lipinski definition) is 7. The van der Waals surface area contributed by atoms with E-state index in [1.54, 1.807) is 30.5 Å². The molecule has 1 amide bonds. The Balaban J connectivity index is 1.26. The van der Waals surface area contributed by atoms with Crippen LogP contribution in [0.5, 0.6) is 0 Å². The van der Waals surface area contributed by atoms with Crippen LogP contribution < -0.4 is 10.2 Å². The molecule has 3 aromatic rings. The average molecular weight is 470 g/mol. The normalized spacial score (nSPS) is 15.5. The van der Waals surface area contributed by atoms with Gasteiger partial charge in [0.15, 0.2) is 11.5 Å². The zero-order valence-corrected chi connectivity index (χ0v) is 19.7. The number of nitriles is 1. The van der Waals surface area contributed by atoms with Crippen LogP contribution in [0.25, 0.3) is 11.5 Å². The van der Waals surface area contributed by atoms with Crippen molar-refractivity contribution in [2.75, 3.05) is 42.9 Å². The van der Waals surface area contributed by atoms with Gasteiger partial charge in [-0.3, -0.25) is 14.5 Å². The van der Waals surface area contributed by atoms with E-state index in [0.29, 0.717) is 48.8 Å². The Bertz CT molecular complexity index is 1280. The lowest BCUT2D eigenvalue weighted by molar-refractivity contribution is -0.117. The molecule has 1 saturated heterocycles. The van der Waals surface area contributed by atoms with Crippen molar-refractivity contribution in [1.82, 2.24) is 9.88 Å². The molecule has 0 unspecified atom stereocenters. The second kappa shape index (κ2) is 9.72. The number of furan rings is 1. The van der Waals surface area contributed by atoms with Crippen LogP contribution in [-0.2, 0) is 17.6 Å². The highest BCUT2D eigenvalue weighted by molar-refractivity contribution is 5.96. The Labute approximate surface area is 204 Å². The van der Waals surface area contributed by atoms with Gasteiger partial charge in [-0.05, 0) is 73.7 Å². The first-order valence-corrected chi connectivity index (χ1v) is 11.9. The zero-order chi connectivity index (χ0) is 24.4. The molecule has 0 spiro atoms. The topological polar surface area (TPSA) is 102 Å². The van der Waals surface area contributed by atoms with Gasteiger partial charge in [0.1, 0.15) is 17.6 Å². The number of ketones is 1. The summed E-state index contributed by atoms with van der Waals surface area (Å²) in [6, 6.07) is 13.1. The molecule has 2 aliphatic rings. The zero-order valence-electron chi connectivity index (χ0n) is 19.7. The number of fused-ring (bicyclic) bond motifs is 1. The predicted molar refractivity (Wildman–Crippen MR) is 132 cm³/mol. The molecule has 1 aliphatic heterocycles. The molecule has 178 valence electrons. The maximum absolute atomic E-state index is 12.6. The van der Waals surface area contributed by atoms with Crippen LogP contribution in [0.3, 0.4) is 0 Å². The molecule has 1 aliphatic carbocycles. The molecule has 8 nitrogen and oxygen atoms in total. The number of rotatable bonds is 6. The van der Waals surface area contributed by atoms with Gasteiger partial charge in [-0.1, -0.05) is 0 Å². The number of benzene rings is 1. The van der Waals surface area contributed by atoms with Gasteiger partial charge in [0.2, 0.25) is 5.91 Å². The number of pyridine rings is 1. The standard InChI is InChI=1S/C27H27N5O3/c1-18(33)19-7-9-20(10-8-19)29-25(34)17-31-11-13-32(14-12-31)27-23(16-28)21-4-2-5-22(21)26(30-27)24-6-3-15-35-24/h3,6-10,15H,2,4-5,11-14,17H2,1H3,(H,29,34). The number of Topliss-reactive ketones (excluding diaryl/α,β-unsaturated/α-hetero) is 1. The lowest BCUT2D eigenvalue weighted by Crippen LogP contribution is -2.49. The Morgan fingerprint density at radius 3 is 2.49 bits per heavy atom. The molecule has 5 rings (SSSR count). The van der Waals surface area contributed by atoms with E-state index < -0.39 is 0 Å². The Hall–Kier alpha value is -3.96. The number of aromatic nitrogens is 1. The van der Waals surface area contributed by atoms with Crippen LogP contribution in [-0.4, -0.2) is 54.3 Å². The Morgan fingerprint density at radius 2 is 1.83 bits per heavy atom. The molecule has 0 atom stereocenters. The number of piperazine rings is 1. The maximum Gasteiger partial charge on any atom is 0.238 e. The number of nitrogens with zero attached hydrogens (tertiary/aromatic N) is 4. The monoisotopic (exact) mass is 469 g/mol. The van der Waals surface area contributed by atoms with Crippen molar-refractivity contribution < 1.29 is 14.0 Å². The summed E-state index contributed by atoms with van der Waals surface area (Å²) in [5.74, 6) is 1.35. The van der Waals surface area contributed by atoms with Crippen LogP contribution in [0.2, 0.25) is 0 Å². The van der Waals surface area contributed by atoms with E-state index >= 15 is 0 Å². The van der Waals surface area contributed by atoms with Crippen molar-refractivity contribution in [1.29, 1.82) is 5.26 Å². The smallest absolute Gasteiger partial charge is 0.238 e. The van der Waals surface area contributed by atoms with Crippen LogP contribution in [0, 0.1) is 11.3 Å². The molecule has 1 fully saturated rings. The van der Waals surface area contributed by atoms with Gasteiger partial charge in [0.25, 0.3) is 0 Å². The minimum absolute atomic E-state index is 0.00514. The lowest BCUT2D eigenvalue weighted by Gasteiger charge is -2.35. The lowest BCUT2D eigenvalue weighted by atomic mass is 10.0. The molecule has 0 saturated carbocycles. The van der Waals surface area contributed by atoms with Crippen molar-refractivity contribution in [3.8, 4) is 17.5 Å². The highest BCUT2D eigenvalue weighted by Gasteiger charge is 2.29. The van der Waals surface area contributed by atoms with E-state index in [1.807, 2.05) is 12.1 Å². The van der Waals surface area contributed by atoms with Crippen molar-refractivity contribution in [3.05, 3.63) is 64.9 Å². The van der Waals surface area contributed by atoms with E-state index in [2.05, 4.69) is 21.2 Å². The fourth-order valence-electron chi connectivity index (χ4n) is 4.92. The van der Waals surface area contributed by atoms with Gasteiger partial charge in [0.05, 0.1) is 18.4 Å². The van der Waals surface area contributed by atoms with Gasteiger partial charge in [-0.15, -0.1) is 0 Å². The van der Waals surface area contributed by atoms with Crippen molar-refractivity contribution in [2.45, 2.75) is 26.2 Å². The molecule has 1 aromatic carbocycles. The summed E-state index contributed by atoms with van der Waals surface area (Å²) in [5, 5.41) is 12.9. The fourth-order valence-corrected chi connectivity index (χ4v) is 4.92. The van der Waals surface area contributed by atoms with E-state index in [9.17, 15) is 14.9 Å². The number of carbonyl (C=O) groups excluding carboxylic acids is 2. The molecule has 3 heterocycles. The summed E-state index contributed by atoms with van der Waals surface area (Å²) >= 11 is 0. The van der Waals surface area contributed by atoms with Crippen LogP contribution in [0.15, 0.2) is 47.1 Å². The summed E-state index contributed by atoms with van der Waals surface area (Å²) in [5.41, 5.74) is 5.03. The highest BCUT2D eigenvalue weighted by atomic mass is 16.3. The maximum atomic E-state index is 12.6. The van der Waals surface area contributed by atoms with E-state index in [0.717, 1.165) is 41.8 Å². The van der Waals surface area contributed by atoms with Gasteiger partial charge in [-0.2, -0.15) is 5.26 Å². The summed E-state index contributed by atoms with van der Waals surface area (Å²) in [7, 11) is 0. The van der Waals surface area contributed by atoms with E-state index in [1.165, 1.54) is 6.92 Å². The summed E-state index contributed by atoms with van der Waals surface area (Å²) in [6.45, 7) is 4.54. The molecule has 2 aromatic heterocycles. The molecule has 8 heteroatoms. The minimum atomic E-state index is -0.0949. The van der Waals surface area contributed by atoms with Crippen molar-refractivity contribution in [2.24, 2.45) is 0 Å². The van der Waals surface area contributed by atoms with E-state index in [4.69, 9.17) is 9.40 Å². The second-order valence-corrected chi connectivity index (χ2v) is 9.00. The third-order valence-electron chi connectivity index (χ3n) is 6.73. The average Bonchev–Trinajstić information content (AvgIpc) is 3.57. The summed E-state index contributed by atoms with van der Waals surface area (Å²) in [4.78, 5) is 33.2. The number of amides is 1. The molecule has 1 N–H and O–H groups in total. The van der Waals surface area contributed by atoms with Gasteiger partial charge < -0.3 is 14.6 Å². The third kappa shape index (κ3) is 4.68. The van der Waals surface area contributed by atoms with Gasteiger partial charge in [-0.25, -0.2) is 4.98 Å². The van der Waals surface area contributed by atoms with Crippen molar-refractivity contribution in [3.63, 3.8) is 0 Å². The molecule has 0 bridgehead atoms. The van der Waals surface area contributed by atoms with Crippen LogP contribution in [0.1, 0.15) is 40.4 Å². The quantitative estimate of drug-likeness (QED) is 0.550. The largest absolute Gasteiger partial charge is 0.463 e.